The number of carbonyl (C=O) groups is 2. The standard InChI is InChI=1S/C21H24FN3O2/c1-16-2-6-18(7-3-16)21(27)25(14-17-4-8-19(22)9-5-17)15-20(26)24-12-10-23-11-13-24/h2-9,23H,10-15H2,1H3. The molecule has 1 aliphatic heterocycles. The van der Waals surface area contributed by atoms with Crippen LogP contribution in [0.4, 0.5) is 4.39 Å². The van der Waals surface area contributed by atoms with Gasteiger partial charge in [0.25, 0.3) is 5.91 Å². The number of rotatable bonds is 5. The first-order valence-electron chi connectivity index (χ1n) is 9.12. The molecule has 0 spiro atoms. The van der Waals surface area contributed by atoms with Gasteiger partial charge in [-0.15, -0.1) is 0 Å². The van der Waals surface area contributed by atoms with E-state index in [0.717, 1.165) is 24.2 Å². The van der Waals surface area contributed by atoms with E-state index in [1.807, 2.05) is 19.1 Å². The number of hydrogen-bond donors (Lipinski definition) is 1. The fourth-order valence-corrected chi connectivity index (χ4v) is 3.07. The Morgan fingerprint density at radius 2 is 1.67 bits per heavy atom. The minimum Gasteiger partial charge on any atom is -0.339 e. The van der Waals surface area contributed by atoms with E-state index in [4.69, 9.17) is 0 Å². The quantitative estimate of drug-likeness (QED) is 0.879. The highest BCUT2D eigenvalue weighted by Gasteiger charge is 2.23. The summed E-state index contributed by atoms with van der Waals surface area (Å²) in [5.74, 6) is -0.603. The molecule has 5 nitrogen and oxygen atoms in total. The van der Waals surface area contributed by atoms with E-state index >= 15 is 0 Å². The fraction of sp³-hybridized carbons (Fsp3) is 0.333. The molecule has 2 aromatic carbocycles. The molecule has 1 aliphatic rings. The smallest absolute Gasteiger partial charge is 0.254 e. The van der Waals surface area contributed by atoms with Crippen LogP contribution in [-0.2, 0) is 11.3 Å². The topological polar surface area (TPSA) is 52.7 Å². The zero-order valence-corrected chi connectivity index (χ0v) is 15.5. The van der Waals surface area contributed by atoms with Gasteiger partial charge in [0.2, 0.25) is 5.91 Å². The Balaban J connectivity index is 1.78. The largest absolute Gasteiger partial charge is 0.339 e. The Morgan fingerprint density at radius 1 is 1.04 bits per heavy atom. The summed E-state index contributed by atoms with van der Waals surface area (Å²) in [5, 5.41) is 3.21. The lowest BCUT2D eigenvalue weighted by atomic mass is 10.1. The minimum atomic E-state index is -0.327. The van der Waals surface area contributed by atoms with Crippen molar-refractivity contribution in [1.29, 1.82) is 0 Å². The molecule has 2 amide bonds. The second-order valence-electron chi connectivity index (χ2n) is 6.78. The Morgan fingerprint density at radius 3 is 2.30 bits per heavy atom. The highest BCUT2D eigenvalue weighted by Crippen LogP contribution is 2.13. The number of hydrogen-bond acceptors (Lipinski definition) is 3. The number of aryl methyl sites for hydroxylation is 1. The molecular formula is C21H24FN3O2. The van der Waals surface area contributed by atoms with E-state index in [-0.39, 0.29) is 30.7 Å². The molecule has 0 atom stereocenters. The van der Waals surface area contributed by atoms with Gasteiger partial charge in [0.05, 0.1) is 0 Å². The van der Waals surface area contributed by atoms with Crippen molar-refractivity contribution in [3.05, 3.63) is 71.0 Å². The zero-order chi connectivity index (χ0) is 19.2. The van der Waals surface area contributed by atoms with Crippen LogP contribution in [0.2, 0.25) is 0 Å². The van der Waals surface area contributed by atoms with Crippen LogP contribution in [0, 0.1) is 12.7 Å². The molecule has 0 aliphatic carbocycles. The number of nitrogens with one attached hydrogen (secondary N) is 1. The van der Waals surface area contributed by atoms with Crippen molar-refractivity contribution < 1.29 is 14.0 Å². The maximum Gasteiger partial charge on any atom is 0.254 e. The number of carbonyl (C=O) groups excluding carboxylic acids is 2. The molecule has 6 heteroatoms. The third-order valence-corrected chi connectivity index (χ3v) is 4.67. The number of nitrogens with zero attached hydrogens (tertiary/aromatic N) is 2. The molecule has 1 fully saturated rings. The van der Waals surface area contributed by atoms with Crippen molar-refractivity contribution in [2.75, 3.05) is 32.7 Å². The number of halogens is 1. The molecule has 0 bridgehead atoms. The monoisotopic (exact) mass is 369 g/mol. The van der Waals surface area contributed by atoms with Gasteiger partial charge < -0.3 is 15.1 Å². The van der Waals surface area contributed by atoms with E-state index in [2.05, 4.69) is 5.32 Å². The molecule has 0 aromatic heterocycles. The van der Waals surface area contributed by atoms with Gasteiger partial charge in [-0.2, -0.15) is 0 Å². The van der Waals surface area contributed by atoms with E-state index in [1.165, 1.54) is 17.0 Å². The van der Waals surface area contributed by atoms with Crippen molar-refractivity contribution in [1.82, 2.24) is 15.1 Å². The SMILES string of the molecule is Cc1ccc(C(=O)N(CC(=O)N2CCNCC2)Cc2ccc(F)cc2)cc1. The van der Waals surface area contributed by atoms with E-state index < -0.39 is 0 Å². The van der Waals surface area contributed by atoms with Gasteiger partial charge in [-0.25, -0.2) is 4.39 Å². The van der Waals surface area contributed by atoms with Crippen LogP contribution >= 0.6 is 0 Å². The summed E-state index contributed by atoms with van der Waals surface area (Å²) in [6, 6.07) is 13.3. The van der Waals surface area contributed by atoms with Crippen molar-refractivity contribution in [2.24, 2.45) is 0 Å². The zero-order valence-electron chi connectivity index (χ0n) is 15.5. The average molecular weight is 369 g/mol. The first-order chi connectivity index (χ1) is 13.0. The Bertz CT molecular complexity index is 784. The summed E-state index contributed by atoms with van der Waals surface area (Å²) in [6.07, 6.45) is 0. The molecule has 1 N–H and O–H groups in total. The minimum absolute atomic E-state index is 0.00405. The second-order valence-corrected chi connectivity index (χ2v) is 6.78. The summed E-state index contributed by atoms with van der Waals surface area (Å²) in [6.45, 7) is 5.02. The van der Waals surface area contributed by atoms with Crippen molar-refractivity contribution >= 4 is 11.8 Å². The summed E-state index contributed by atoms with van der Waals surface area (Å²) < 4.78 is 13.2. The summed E-state index contributed by atoms with van der Waals surface area (Å²) in [7, 11) is 0. The molecule has 0 radical (unpaired) electrons. The predicted octanol–water partition coefficient (Wildman–Crippen LogP) is 2.21. The normalized spacial score (nSPS) is 14.1. The molecule has 0 saturated carbocycles. The molecule has 142 valence electrons. The third-order valence-electron chi connectivity index (χ3n) is 4.67. The van der Waals surface area contributed by atoms with Crippen LogP contribution in [0.25, 0.3) is 0 Å². The van der Waals surface area contributed by atoms with Gasteiger partial charge in [0.1, 0.15) is 12.4 Å². The summed E-state index contributed by atoms with van der Waals surface area (Å²) in [4.78, 5) is 29.0. The number of benzene rings is 2. The van der Waals surface area contributed by atoms with Crippen LogP contribution in [0.1, 0.15) is 21.5 Å². The molecule has 27 heavy (non-hydrogen) atoms. The Labute approximate surface area is 158 Å². The predicted molar refractivity (Wildman–Crippen MR) is 102 cm³/mol. The van der Waals surface area contributed by atoms with Gasteiger partial charge in [-0.3, -0.25) is 9.59 Å². The molecule has 1 heterocycles. The summed E-state index contributed by atoms with van der Waals surface area (Å²) in [5.41, 5.74) is 2.38. The maximum atomic E-state index is 13.2. The van der Waals surface area contributed by atoms with Gasteiger partial charge in [-0.1, -0.05) is 29.8 Å². The van der Waals surface area contributed by atoms with Gasteiger partial charge in [0, 0.05) is 38.3 Å². The third kappa shape index (κ3) is 5.14. The summed E-state index contributed by atoms with van der Waals surface area (Å²) >= 11 is 0. The molecular weight excluding hydrogens is 345 g/mol. The molecule has 1 saturated heterocycles. The van der Waals surface area contributed by atoms with Crippen molar-refractivity contribution in [3.8, 4) is 0 Å². The second kappa shape index (κ2) is 8.77. The Kier molecular flexibility index (Phi) is 6.19. The van der Waals surface area contributed by atoms with Gasteiger partial charge in [-0.05, 0) is 36.8 Å². The number of piperazine rings is 1. The lowest BCUT2D eigenvalue weighted by molar-refractivity contribution is -0.132. The molecule has 3 rings (SSSR count). The molecule has 2 aromatic rings. The van der Waals surface area contributed by atoms with E-state index in [1.54, 1.807) is 29.2 Å². The van der Waals surface area contributed by atoms with E-state index in [9.17, 15) is 14.0 Å². The van der Waals surface area contributed by atoms with Crippen LogP contribution in [0.15, 0.2) is 48.5 Å². The average Bonchev–Trinajstić information content (AvgIpc) is 2.70. The highest BCUT2D eigenvalue weighted by molar-refractivity contribution is 5.96. The number of amides is 2. The lowest BCUT2D eigenvalue weighted by Gasteiger charge is -2.30. The lowest BCUT2D eigenvalue weighted by Crippen LogP contribution is -2.50. The van der Waals surface area contributed by atoms with Crippen molar-refractivity contribution in [2.45, 2.75) is 13.5 Å². The van der Waals surface area contributed by atoms with Gasteiger partial charge >= 0.3 is 0 Å². The first kappa shape index (κ1) is 19.0. The molecule has 0 unspecified atom stereocenters. The van der Waals surface area contributed by atoms with Crippen LogP contribution in [0.3, 0.4) is 0 Å². The van der Waals surface area contributed by atoms with Crippen LogP contribution in [0.5, 0.6) is 0 Å². The van der Waals surface area contributed by atoms with Crippen molar-refractivity contribution in [3.63, 3.8) is 0 Å². The van der Waals surface area contributed by atoms with E-state index in [0.29, 0.717) is 18.7 Å². The fourth-order valence-electron chi connectivity index (χ4n) is 3.07. The van der Waals surface area contributed by atoms with Crippen LogP contribution < -0.4 is 5.32 Å². The van der Waals surface area contributed by atoms with Crippen LogP contribution in [-0.4, -0.2) is 54.3 Å². The highest BCUT2D eigenvalue weighted by atomic mass is 19.1. The maximum absolute atomic E-state index is 13.2. The van der Waals surface area contributed by atoms with Gasteiger partial charge in [0.15, 0.2) is 0 Å². The first-order valence-corrected chi connectivity index (χ1v) is 9.12. The Hall–Kier alpha value is -2.73.